The SMILES string of the molecule is C=Cn1cc(CNC2CC2CCC)cn1. The second-order valence-corrected chi connectivity index (χ2v) is 4.28. The van der Waals surface area contributed by atoms with Crippen LogP contribution >= 0.6 is 0 Å². The molecule has 0 amide bonds. The van der Waals surface area contributed by atoms with Crippen LogP contribution in [-0.4, -0.2) is 15.8 Å². The summed E-state index contributed by atoms with van der Waals surface area (Å²) in [6.07, 6.45) is 9.63. The first-order valence-electron chi connectivity index (χ1n) is 5.72. The molecule has 2 unspecified atom stereocenters. The van der Waals surface area contributed by atoms with Crippen LogP contribution in [0.15, 0.2) is 19.0 Å². The van der Waals surface area contributed by atoms with Gasteiger partial charge in [-0.25, -0.2) is 4.68 Å². The summed E-state index contributed by atoms with van der Waals surface area (Å²) >= 11 is 0. The lowest BCUT2D eigenvalue weighted by Gasteiger charge is -2.00. The van der Waals surface area contributed by atoms with E-state index in [9.17, 15) is 0 Å². The third kappa shape index (κ3) is 2.69. The molecule has 0 radical (unpaired) electrons. The molecule has 3 nitrogen and oxygen atoms in total. The maximum atomic E-state index is 4.15. The highest BCUT2D eigenvalue weighted by Crippen LogP contribution is 2.34. The number of rotatable bonds is 6. The van der Waals surface area contributed by atoms with Crippen LogP contribution in [0, 0.1) is 5.92 Å². The monoisotopic (exact) mass is 205 g/mol. The minimum atomic E-state index is 0.747. The molecule has 3 heteroatoms. The first-order valence-corrected chi connectivity index (χ1v) is 5.72. The van der Waals surface area contributed by atoms with Crippen molar-refractivity contribution in [2.45, 2.75) is 38.8 Å². The van der Waals surface area contributed by atoms with Crippen LogP contribution in [0.1, 0.15) is 31.7 Å². The topological polar surface area (TPSA) is 29.9 Å². The quantitative estimate of drug-likeness (QED) is 0.772. The Morgan fingerprint density at radius 1 is 1.73 bits per heavy atom. The van der Waals surface area contributed by atoms with E-state index >= 15 is 0 Å². The fourth-order valence-corrected chi connectivity index (χ4v) is 2.00. The van der Waals surface area contributed by atoms with Gasteiger partial charge >= 0.3 is 0 Å². The number of hydrogen-bond acceptors (Lipinski definition) is 2. The van der Waals surface area contributed by atoms with Crippen LogP contribution < -0.4 is 5.32 Å². The van der Waals surface area contributed by atoms with Gasteiger partial charge in [-0.3, -0.25) is 0 Å². The highest BCUT2D eigenvalue weighted by atomic mass is 15.2. The number of nitrogens with zero attached hydrogens (tertiary/aromatic N) is 2. The van der Waals surface area contributed by atoms with E-state index in [1.165, 1.54) is 24.8 Å². The smallest absolute Gasteiger partial charge is 0.0538 e. The zero-order chi connectivity index (χ0) is 10.7. The molecule has 0 spiro atoms. The number of aromatic nitrogens is 2. The molecule has 2 atom stereocenters. The minimum absolute atomic E-state index is 0.747. The number of nitrogens with one attached hydrogen (secondary N) is 1. The van der Waals surface area contributed by atoms with Gasteiger partial charge in [0, 0.05) is 30.5 Å². The van der Waals surface area contributed by atoms with Gasteiger partial charge in [-0.2, -0.15) is 5.10 Å². The zero-order valence-electron chi connectivity index (χ0n) is 9.32. The Hall–Kier alpha value is -1.09. The predicted molar refractivity (Wildman–Crippen MR) is 62.3 cm³/mol. The molecule has 1 aliphatic rings. The van der Waals surface area contributed by atoms with E-state index in [1.807, 2.05) is 12.4 Å². The van der Waals surface area contributed by atoms with Crippen molar-refractivity contribution in [3.8, 4) is 0 Å². The average molecular weight is 205 g/mol. The molecule has 0 bridgehead atoms. The van der Waals surface area contributed by atoms with Gasteiger partial charge in [-0.15, -0.1) is 0 Å². The van der Waals surface area contributed by atoms with E-state index in [2.05, 4.69) is 23.9 Å². The number of hydrogen-bond donors (Lipinski definition) is 1. The lowest BCUT2D eigenvalue weighted by molar-refractivity contribution is 0.599. The van der Waals surface area contributed by atoms with Gasteiger partial charge in [0.05, 0.1) is 6.20 Å². The molecule has 1 N–H and O–H groups in total. The molecule has 15 heavy (non-hydrogen) atoms. The van der Waals surface area contributed by atoms with Crippen LogP contribution in [0.5, 0.6) is 0 Å². The van der Waals surface area contributed by atoms with Crippen molar-refractivity contribution in [2.24, 2.45) is 5.92 Å². The molecule has 1 aromatic heterocycles. The largest absolute Gasteiger partial charge is 0.310 e. The summed E-state index contributed by atoms with van der Waals surface area (Å²) in [6, 6.07) is 0.747. The molecule has 1 aliphatic carbocycles. The van der Waals surface area contributed by atoms with Gasteiger partial charge in [0.25, 0.3) is 0 Å². The van der Waals surface area contributed by atoms with Crippen LogP contribution in [-0.2, 0) is 6.54 Å². The lowest BCUT2D eigenvalue weighted by atomic mass is 10.2. The van der Waals surface area contributed by atoms with Crippen LogP contribution in [0.2, 0.25) is 0 Å². The Balaban J connectivity index is 1.72. The molecule has 0 aliphatic heterocycles. The van der Waals surface area contributed by atoms with E-state index in [0.717, 1.165) is 18.5 Å². The molecule has 2 rings (SSSR count). The van der Waals surface area contributed by atoms with E-state index in [1.54, 1.807) is 10.9 Å². The molecule has 1 fully saturated rings. The first kappa shape index (κ1) is 10.4. The van der Waals surface area contributed by atoms with Crippen LogP contribution in [0.25, 0.3) is 6.20 Å². The van der Waals surface area contributed by atoms with E-state index < -0.39 is 0 Å². The molecule has 0 saturated heterocycles. The highest BCUT2D eigenvalue weighted by molar-refractivity contribution is 5.17. The summed E-state index contributed by atoms with van der Waals surface area (Å²) in [5, 5.41) is 7.70. The maximum absolute atomic E-state index is 4.15. The summed E-state index contributed by atoms with van der Waals surface area (Å²) in [4.78, 5) is 0. The molecule has 1 aromatic rings. The molecular weight excluding hydrogens is 186 g/mol. The van der Waals surface area contributed by atoms with Crippen molar-refractivity contribution in [3.63, 3.8) is 0 Å². The minimum Gasteiger partial charge on any atom is -0.310 e. The summed E-state index contributed by atoms with van der Waals surface area (Å²) in [7, 11) is 0. The van der Waals surface area contributed by atoms with Crippen molar-refractivity contribution < 1.29 is 0 Å². The summed E-state index contributed by atoms with van der Waals surface area (Å²) in [6.45, 7) is 6.85. The Labute approximate surface area is 91.2 Å². The molecule has 1 saturated carbocycles. The average Bonchev–Trinajstić information content (AvgIpc) is 2.82. The van der Waals surface area contributed by atoms with Crippen LogP contribution in [0.4, 0.5) is 0 Å². The standard InChI is InChI=1S/C12H19N3/c1-3-5-11-6-12(11)13-7-10-8-14-15(4-2)9-10/h4,8-9,11-13H,2-3,5-7H2,1H3. The van der Waals surface area contributed by atoms with Crippen molar-refractivity contribution in [2.75, 3.05) is 0 Å². The molecule has 1 heterocycles. The van der Waals surface area contributed by atoms with Crippen molar-refractivity contribution in [1.29, 1.82) is 0 Å². The normalized spacial score (nSPS) is 24.1. The van der Waals surface area contributed by atoms with Gasteiger partial charge in [0.15, 0.2) is 0 Å². The Morgan fingerprint density at radius 3 is 3.27 bits per heavy atom. The van der Waals surface area contributed by atoms with Crippen molar-refractivity contribution >= 4 is 6.20 Å². The van der Waals surface area contributed by atoms with Gasteiger partial charge in [-0.05, 0) is 18.8 Å². The Kier molecular flexibility index (Phi) is 3.21. The maximum Gasteiger partial charge on any atom is 0.0538 e. The molecule has 82 valence electrons. The molecule has 0 aromatic carbocycles. The predicted octanol–water partition coefficient (Wildman–Crippen LogP) is 2.26. The van der Waals surface area contributed by atoms with Gasteiger partial charge < -0.3 is 5.32 Å². The summed E-state index contributed by atoms with van der Waals surface area (Å²) < 4.78 is 1.74. The summed E-state index contributed by atoms with van der Waals surface area (Å²) in [5.41, 5.74) is 1.23. The van der Waals surface area contributed by atoms with E-state index in [4.69, 9.17) is 0 Å². The second-order valence-electron chi connectivity index (χ2n) is 4.28. The van der Waals surface area contributed by atoms with E-state index in [-0.39, 0.29) is 0 Å². The van der Waals surface area contributed by atoms with Gasteiger partial charge in [-0.1, -0.05) is 19.9 Å². The van der Waals surface area contributed by atoms with E-state index in [0.29, 0.717) is 0 Å². The van der Waals surface area contributed by atoms with Crippen molar-refractivity contribution in [3.05, 3.63) is 24.5 Å². The van der Waals surface area contributed by atoms with Gasteiger partial charge in [0.1, 0.15) is 0 Å². The molecular formula is C12H19N3. The summed E-state index contributed by atoms with van der Waals surface area (Å²) in [5.74, 6) is 0.921. The zero-order valence-corrected chi connectivity index (χ0v) is 9.32. The fraction of sp³-hybridized carbons (Fsp3) is 0.583. The lowest BCUT2D eigenvalue weighted by Crippen LogP contribution is -2.17. The highest BCUT2D eigenvalue weighted by Gasteiger charge is 2.35. The van der Waals surface area contributed by atoms with Crippen molar-refractivity contribution in [1.82, 2.24) is 15.1 Å². The van der Waals surface area contributed by atoms with Gasteiger partial charge in [0.2, 0.25) is 0 Å². The second kappa shape index (κ2) is 4.62. The van der Waals surface area contributed by atoms with Crippen LogP contribution in [0.3, 0.4) is 0 Å². The first-order chi connectivity index (χ1) is 7.33. The Bertz CT molecular complexity index is 329. The third-order valence-corrected chi connectivity index (χ3v) is 2.99. The Morgan fingerprint density at radius 2 is 2.60 bits per heavy atom. The fourth-order valence-electron chi connectivity index (χ4n) is 2.00. The third-order valence-electron chi connectivity index (χ3n) is 2.99.